The summed E-state index contributed by atoms with van der Waals surface area (Å²) >= 11 is 0. The van der Waals surface area contributed by atoms with E-state index < -0.39 is 16.1 Å². The van der Waals surface area contributed by atoms with Crippen molar-refractivity contribution in [2.75, 3.05) is 20.3 Å². The zero-order valence-electron chi connectivity index (χ0n) is 18.6. The Bertz CT molecular complexity index is 1030. The summed E-state index contributed by atoms with van der Waals surface area (Å²) in [6.07, 6.45) is 6.44. The molecule has 1 heterocycles. The minimum Gasteiger partial charge on any atom is -0.383 e. The lowest BCUT2D eigenvalue weighted by atomic mass is 9.84. The SMILES string of the molecule is COCCNC(=O)[C@@H]1Cc2ccccc2CN1S(=O)(=O)c1ccc(C2CCCCC2)cc1. The third kappa shape index (κ3) is 4.90. The van der Waals surface area contributed by atoms with Crippen LogP contribution in [-0.4, -0.2) is 44.9 Å². The van der Waals surface area contributed by atoms with Gasteiger partial charge in [0.15, 0.2) is 0 Å². The highest BCUT2D eigenvalue weighted by molar-refractivity contribution is 7.89. The van der Waals surface area contributed by atoms with E-state index in [1.165, 1.54) is 42.0 Å². The lowest BCUT2D eigenvalue weighted by Crippen LogP contribution is -2.52. The first kappa shape index (κ1) is 23.0. The number of fused-ring (bicyclic) bond motifs is 1. The summed E-state index contributed by atoms with van der Waals surface area (Å²) in [4.78, 5) is 13.2. The molecule has 0 spiro atoms. The summed E-state index contributed by atoms with van der Waals surface area (Å²) in [6, 6.07) is 14.3. The second-order valence-electron chi connectivity index (χ2n) is 8.73. The molecule has 0 saturated heterocycles. The van der Waals surface area contributed by atoms with Crippen LogP contribution >= 0.6 is 0 Å². The van der Waals surface area contributed by atoms with Crippen molar-refractivity contribution in [3.63, 3.8) is 0 Å². The van der Waals surface area contributed by atoms with Crippen LogP contribution < -0.4 is 5.32 Å². The maximum atomic E-state index is 13.7. The minimum absolute atomic E-state index is 0.186. The number of carbonyl (C=O) groups is 1. The molecule has 0 bridgehead atoms. The lowest BCUT2D eigenvalue weighted by molar-refractivity contribution is -0.125. The molecule has 32 heavy (non-hydrogen) atoms. The summed E-state index contributed by atoms with van der Waals surface area (Å²) in [6.45, 7) is 0.910. The van der Waals surface area contributed by atoms with Crippen LogP contribution in [0.5, 0.6) is 0 Å². The van der Waals surface area contributed by atoms with E-state index in [1.54, 1.807) is 19.2 Å². The predicted octanol–water partition coefficient (Wildman–Crippen LogP) is 3.61. The van der Waals surface area contributed by atoms with Crippen molar-refractivity contribution in [2.45, 2.75) is 61.9 Å². The molecule has 1 saturated carbocycles. The van der Waals surface area contributed by atoms with Gasteiger partial charge in [0, 0.05) is 20.2 Å². The van der Waals surface area contributed by atoms with Gasteiger partial charge in [0.1, 0.15) is 6.04 Å². The number of carbonyl (C=O) groups excluding carboxylic acids is 1. The van der Waals surface area contributed by atoms with Crippen LogP contribution in [0.2, 0.25) is 0 Å². The van der Waals surface area contributed by atoms with Crippen molar-refractivity contribution in [2.24, 2.45) is 0 Å². The molecule has 0 unspecified atom stereocenters. The van der Waals surface area contributed by atoms with E-state index in [4.69, 9.17) is 4.74 Å². The Labute approximate surface area is 191 Å². The normalized spacial score (nSPS) is 20.0. The Morgan fingerprint density at radius 1 is 1.03 bits per heavy atom. The third-order valence-corrected chi connectivity index (χ3v) is 8.55. The zero-order chi connectivity index (χ0) is 22.6. The summed E-state index contributed by atoms with van der Waals surface area (Å²) < 4.78 is 33.7. The van der Waals surface area contributed by atoms with Crippen molar-refractivity contribution in [3.05, 3.63) is 65.2 Å². The first-order valence-corrected chi connectivity index (χ1v) is 12.9. The van der Waals surface area contributed by atoms with E-state index in [-0.39, 0.29) is 17.3 Å². The van der Waals surface area contributed by atoms with Gasteiger partial charge in [0.05, 0.1) is 11.5 Å². The Morgan fingerprint density at radius 3 is 2.41 bits per heavy atom. The van der Waals surface area contributed by atoms with Gasteiger partial charge in [-0.25, -0.2) is 8.42 Å². The van der Waals surface area contributed by atoms with Gasteiger partial charge < -0.3 is 10.1 Å². The molecule has 7 heteroatoms. The van der Waals surface area contributed by atoms with Gasteiger partial charge in [0.2, 0.25) is 15.9 Å². The number of nitrogens with one attached hydrogen (secondary N) is 1. The Hall–Kier alpha value is -2.22. The molecular weight excluding hydrogens is 424 g/mol. The highest BCUT2D eigenvalue weighted by atomic mass is 32.2. The lowest BCUT2D eigenvalue weighted by Gasteiger charge is -2.35. The second-order valence-corrected chi connectivity index (χ2v) is 10.6. The monoisotopic (exact) mass is 456 g/mol. The van der Waals surface area contributed by atoms with Gasteiger partial charge in [-0.15, -0.1) is 0 Å². The van der Waals surface area contributed by atoms with E-state index in [2.05, 4.69) is 5.32 Å². The molecule has 4 rings (SSSR count). The Kier molecular flexibility index (Phi) is 7.28. The fourth-order valence-corrected chi connectivity index (χ4v) is 6.42. The summed E-state index contributed by atoms with van der Waals surface area (Å²) in [7, 11) is -2.27. The van der Waals surface area contributed by atoms with Crippen LogP contribution in [0, 0.1) is 0 Å². The van der Waals surface area contributed by atoms with Gasteiger partial charge in [-0.1, -0.05) is 55.7 Å². The molecule has 0 aromatic heterocycles. The van der Waals surface area contributed by atoms with Gasteiger partial charge in [-0.05, 0) is 54.0 Å². The van der Waals surface area contributed by atoms with E-state index in [1.807, 2.05) is 36.4 Å². The topological polar surface area (TPSA) is 75.7 Å². The molecular formula is C25H32N2O4S. The molecule has 172 valence electrons. The molecule has 2 aliphatic rings. The second kappa shape index (κ2) is 10.1. The van der Waals surface area contributed by atoms with Crippen molar-refractivity contribution in [1.29, 1.82) is 0 Å². The number of hydrogen-bond donors (Lipinski definition) is 1. The molecule has 1 aliphatic heterocycles. The number of rotatable bonds is 7. The van der Waals surface area contributed by atoms with Crippen molar-refractivity contribution >= 4 is 15.9 Å². The number of sulfonamides is 1. The highest BCUT2D eigenvalue weighted by Gasteiger charge is 2.39. The first-order chi connectivity index (χ1) is 15.5. The van der Waals surface area contributed by atoms with E-state index >= 15 is 0 Å². The minimum atomic E-state index is -3.84. The summed E-state index contributed by atoms with van der Waals surface area (Å²) in [5.41, 5.74) is 3.16. The maximum Gasteiger partial charge on any atom is 0.244 e. The number of methoxy groups -OCH3 is 1. The maximum absolute atomic E-state index is 13.7. The quantitative estimate of drug-likeness (QED) is 0.646. The number of benzene rings is 2. The molecule has 2 aromatic carbocycles. The van der Waals surface area contributed by atoms with Gasteiger partial charge >= 0.3 is 0 Å². The van der Waals surface area contributed by atoms with Crippen molar-refractivity contribution in [3.8, 4) is 0 Å². The predicted molar refractivity (Wildman–Crippen MR) is 124 cm³/mol. The first-order valence-electron chi connectivity index (χ1n) is 11.5. The average molecular weight is 457 g/mol. The summed E-state index contributed by atoms with van der Waals surface area (Å²) in [5.74, 6) is 0.223. The molecule has 1 atom stereocenters. The number of hydrogen-bond acceptors (Lipinski definition) is 4. The highest BCUT2D eigenvalue weighted by Crippen LogP contribution is 2.34. The molecule has 2 aromatic rings. The fraction of sp³-hybridized carbons (Fsp3) is 0.480. The van der Waals surface area contributed by atoms with Crippen LogP contribution in [0.1, 0.15) is 54.7 Å². The molecule has 1 N–H and O–H groups in total. The Morgan fingerprint density at radius 2 is 1.72 bits per heavy atom. The van der Waals surface area contributed by atoms with Gasteiger partial charge in [0.25, 0.3) is 0 Å². The third-order valence-electron chi connectivity index (χ3n) is 6.68. The standard InChI is InChI=1S/C25H32N2O4S/c1-31-16-15-26-25(28)24-17-21-9-5-6-10-22(21)18-27(24)32(29,30)23-13-11-20(12-14-23)19-7-3-2-4-8-19/h5-6,9-14,19,24H,2-4,7-8,15-18H2,1H3,(H,26,28)/t24-/m0/s1. The number of nitrogens with zero attached hydrogens (tertiary/aromatic N) is 1. The average Bonchev–Trinajstić information content (AvgIpc) is 2.84. The zero-order valence-corrected chi connectivity index (χ0v) is 19.4. The van der Waals surface area contributed by atoms with Crippen molar-refractivity contribution in [1.82, 2.24) is 9.62 Å². The molecule has 0 radical (unpaired) electrons. The van der Waals surface area contributed by atoms with Crippen molar-refractivity contribution < 1.29 is 17.9 Å². The smallest absolute Gasteiger partial charge is 0.244 e. The van der Waals surface area contributed by atoms with Gasteiger partial charge in [-0.2, -0.15) is 4.31 Å². The van der Waals surface area contributed by atoms with E-state index in [9.17, 15) is 13.2 Å². The molecule has 1 fully saturated rings. The van der Waals surface area contributed by atoms with Crippen LogP contribution in [0.15, 0.2) is 53.4 Å². The Balaban J connectivity index is 1.60. The molecule has 1 aliphatic carbocycles. The molecule has 1 amide bonds. The molecule has 6 nitrogen and oxygen atoms in total. The summed E-state index contributed by atoms with van der Waals surface area (Å²) in [5, 5.41) is 2.82. The van der Waals surface area contributed by atoms with Crippen LogP contribution in [0.4, 0.5) is 0 Å². The van der Waals surface area contributed by atoms with Gasteiger partial charge in [-0.3, -0.25) is 4.79 Å². The number of ether oxygens (including phenoxy) is 1. The van der Waals surface area contributed by atoms with Crippen LogP contribution in [0.25, 0.3) is 0 Å². The van der Waals surface area contributed by atoms with E-state index in [0.717, 1.165) is 11.1 Å². The fourth-order valence-electron chi connectivity index (χ4n) is 4.85. The largest absolute Gasteiger partial charge is 0.383 e. The van der Waals surface area contributed by atoms with Crippen LogP contribution in [-0.2, 0) is 32.5 Å². The van der Waals surface area contributed by atoms with Crippen LogP contribution in [0.3, 0.4) is 0 Å². The number of amides is 1. The van der Waals surface area contributed by atoms with E-state index in [0.29, 0.717) is 25.5 Å².